The van der Waals surface area contributed by atoms with E-state index in [1.807, 2.05) is 17.9 Å². The number of aliphatic hydroxyl groups is 10. The third-order valence-corrected chi connectivity index (χ3v) is 20.7. The van der Waals surface area contributed by atoms with Gasteiger partial charge in [0, 0.05) is 111 Å². The molecule has 0 unspecified atom stereocenters. The lowest BCUT2D eigenvalue weighted by atomic mass is 9.77. The summed E-state index contributed by atoms with van der Waals surface area (Å²) in [4.78, 5) is 56.6. The number of amides is 1. The van der Waals surface area contributed by atoms with Gasteiger partial charge in [-0.15, -0.1) is 0 Å². The summed E-state index contributed by atoms with van der Waals surface area (Å²) in [6.07, 6.45) is 4.75. The monoisotopic (exact) mass is 1490 g/mol. The molecule has 3 saturated heterocycles. The number of anilines is 1. The van der Waals surface area contributed by atoms with Crippen LogP contribution < -0.4 is 15.4 Å². The molecular formula is C78H102N4O23S. The second-order valence-electron chi connectivity index (χ2n) is 28.4. The zero-order chi connectivity index (χ0) is 76.6. The van der Waals surface area contributed by atoms with Crippen molar-refractivity contribution in [3.8, 4) is 23.0 Å². The summed E-state index contributed by atoms with van der Waals surface area (Å²) in [5.41, 5.74) is 0.939. The number of rotatable bonds is 11. The van der Waals surface area contributed by atoms with Crippen LogP contribution >= 0.6 is 12.2 Å². The van der Waals surface area contributed by atoms with Crippen LogP contribution in [-0.2, 0) is 43.7 Å². The SMILES string of the molecule is C[C@@H]1[C@H](O)[C@@H](C)/C=C/C=C/C=C/C=C/C=C/C=C/C=C/[C@H](O[C@@H]2O[C@H](C)[C@@H](O)[C@H](N3CCN(C(=O)CCCCCNC(=S)Nc4ccc5c(c4)C(=O)OC54c5ccc(O)cc5Oc5cc(O)ccc54)CC3)[C@@H]2O)C[C@@H]2O[C@](O)(C[C@@H](O)C[C@@H](O)[C@H](O)CC[C@@H](O)C[C@@H](O)CC(=O)O[C@H]1C)C[C@H](O)[C@H]2C(=O)O. The largest absolute Gasteiger partial charge is 0.508 e. The predicted octanol–water partition coefficient (Wildman–Crippen LogP) is 5.42. The lowest BCUT2D eigenvalue weighted by Gasteiger charge is -2.49. The van der Waals surface area contributed by atoms with E-state index in [0.29, 0.717) is 53.3 Å². The van der Waals surface area contributed by atoms with E-state index in [1.54, 1.807) is 135 Å². The van der Waals surface area contributed by atoms with Crippen LogP contribution in [0.4, 0.5) is 5.69 Å². The highest BCUT2D eigenvalue weighted by molar-refractivity contribution is 7.80. The van der Waals surface area contributed by atoms with Gasteiger partial charge < -0.3 is 110 Å². The Morgan fingerprint density at radius 2 is 1.25 bits per heavy atom. The maximum absolute atomic E-state index is 13.6. The van der Waals surface area contributed by atoms with Crippen molar-refractivity contribution in [1.29, 1.82) is 0 Å². The van der Waals surface area contributed by atoms with Crippen molar-refractivity contribution in [3.63, 3.8) is 0 Å². The smallest absolute Gasteiger partial charge is 0.340 e. The number of hydrogen-bond acceptors (Lipinski definition) is 24. The number of cyclic esters (lactones) is 1. The van der Waals surface area contributed by atoms with E-state index in [4.69, 9.17) is 40.6 Å². The van der Waals surface area contributed by atoms with Crippen LogP contribution in [0.15, 0.2) is 140 Å². The standard InChI is InChI=1S/C78H102N4O23S/c1-45-20-16-13-11-9-7-5-6-8-10-12-14-17-21-55(42-65-68(73(96)97)62(90)44-77(99,104-65)43-54(87)38-61(89)60(88)30-26-50(83)37-53(86)41-67(92)100-47(3)46(2)70(45)93)102-75-72(95)69(71(94)48(4)101-75)82-34-32-81(33-35-82)66(91)22-18-15-19-31-79-76(106)80-49-23-27-57-56(36-49)74(98)105-78(57)58-28-24-51(84)39-63(58)103-64-40-52(85)25-29-59(64)78/h5-14,16-17,20-21,23-25,27-29,36,39-40,45-48,50,53-55,60-62,65,68-72,75,83-90,93-95,99H,15,18-19,22,26,30-35,37-38,41-44H2,1-4H3,(H,96,97)(H2,79,80,106)/b6-5+,9-7+,10-8+,13-11+,14-12+,20-16+,21-17+/t45-,46-,47-,48+,50+,53+,54-,55-,60+,61+,62-,65-,68+,69-,70+,71+,72-,75-,77+/m0/s1. The van der Waals surface area contributed by atoms with Crippen molar-refractivity contribution in [1.82, 2.24) is 15.1 Å². The number of carboxylic acids is 1. The molecule has 6 heterocycles. The quantitative estimate of drug-likeness (QED) is 0.0647. The lowest BCUT2D eigenvalue weighted by Crippen LogP contribution is -2.66. The minimum Gasteiger partial charge on any atom is -0.508 e. The van der Waals surface area contributed by atoms with E-state index >= 15 is 0 Å². The third kappa shape index (κ3) is 21.3. The van der Waals surface area contributed by atoms with E-state index in [1.165, 1.54) is 24.3 Å². The third-order valence-electron chi connectivity index (χ3n) is 20.4. The van der Waals surface area contributed by atoms with E-state index < -0.39 is 158 Å². The number of hydrogen-bond donors (Lipinski definition) is 15. The van der Waals surface area contributed by atoms with Crippen molar-refractivity contribution < 1.29 is 114 Å². The first-order chi connectivity index (χ1) is 50.5. The van der Waals surface area contributed by atoms with Gasteiger partial charge in [0.1, 0.15) is 41.1 Å². The lowest BCUT2D eigenvalue weighted by molar-refractivity contribution is -0.312. The number of unbranched alkanes of at least 4 members (excludes halogenated alkanes) is 2. The van der Waals surface area contributed by atoms with E-state index in [9.17, 15) is 85.6 Å². The molecule has 27 nitrogen and oxygen atoms in total. The molecule has 0 aromatic heterocycles. The molecule has 15 N–H and O–H groups in total. The average Bonchev–Trinajstić information content (AvgIpc) is 1.50. The first kappa shape index (κ1) is 82.3. The molecule has 106 heavy (non-hydrogen) atoms. The molecule has 9 rings (SSSR count). The summed E-state index contributed by atoms with van der Waals surface area (Å²) in [5, 5.41) is 150. The second kappa shape index (κ2) is 37.9. The van der Waals surface area contributed by atoms with Crippen LogP contribution in [0.2, 0.25) is 0 Å². The number of thiocarbonyl (C=S) groups is 1. The van der Waals surface area contributed by atoms with Crippen LogP contribution in [0.3, 0.4) is 0 Å². The van der Waals surface area contributed by atoms with Crippen LogP contribution in [0.5, 0.6) is 23.0 Å². The molecule has 6 aliphatic heterocycles. The van der Waals surface area contributed by atoms with E-state index in [2.05, 4.69) is 10.6 Å². The Morgan fingerprint density at radius 3 is 1.89 bits per heavy atom. The summed E-state index contributed by atoms with van der Waals surface area (Å²) in [5.74, 6) is -7.31. The van der Waals surface area contributed by atoms with Crippen molar-refractivity contribution in [2.45, 2.75) is 208 Å². The number of ether oxygens (including phenoxy) is 6. The number of phenolic OH excluding ortho intramolecular Hbond substituents is 2. The fourth-order valence-corrected chi connectivity index (χ4v) is 14.7. The summed E-state index contributed by atoms with van der Waals surface area (Å²) in [6, 6.07) is 13.3. The van der Waals surface area contributed by atoms with Gasteiger partial charge in [-0.05, 0) is 94.6 Å². The normalized spacial score (nSPS) is 34.5. The Labute approximate surface area is 621 Å². The van der Waals surface area contributed by atoms with Crippen LogP contribution in [0.1, 0.15) is 132 Å². The van der Waals surface area contributed by atoms with Gasteiger partial charge >= 0.3 is 17.9 Å². The number of carboxylic acid groups (broad SMARTS) is 1. The van der Waals surface area contributed by atoms with Gasteiger partial charge in [0.05, 0.1) is 85.2 Å². The van der Waals surface area contributed by atoms with Gasteiger partial charge in [-0.3, -0.25) is 19.3 Å². The molecule has 19 atom stereocenters. The Kier molecular flexibility index (Phi) is 29.4. The zero-order valence-corrected chi connectivity index (χ0v) is 60.7. The highest BCUT2D eigenvalue weighted by atomic mass is 32.1. The summed E-state index contributed by atoms with van der Waals surface area (Å²) in [7, 11) is 0. The minimum atomic E-state index is -2.40. The number of carbonyl (C=O) groups is 4. The van der Waals surface area contributed by atoms with Crippen LogP contribution in [-0.4, -0.2) is 235 Å². The Morgan fingerprint density at radius 1 is 0.642 bits per heavy atom. The number of benzene rings is 3. The van der Waals surface area contributed by atoms with Crippen molar-refractivity contribution in [2.24, 2.45) is 17.8 Å². The average molecular weight is 1500 g/mol. The number of aromatic hydroxyl groups is 2. The highest BCUT2D eigenvalue weighted by Gasteiger charge is 2.55. The van der Waals surface area contributed by atoms with Gasteiger partial charge in [0.25, 0.3) is 0 Å². The number of aliphatic carboxylic acids is 1. The number of nitrogens with one attached hydrogen (secondary N) is 2. The first-order valence-corrected chi connectivity index (χ1v) is 36.7. The maximum Gasteiger partial charge on any atom is 0.340 e. The van der Waals surface area contributed by atoms with E-state index in [0.717, 1.165) is 0 Å². The Hall–Kier alpha value is -7.75. The summed E-state index contributed by atoms with van der Waals surface area (Å²) >= 11 is 5.61. The van der Waals surface area contributed by atoms with Crippen molar-refractivity contribution >= 4 is 46.8 Å². The number of aliphatic hydroxyl groups excluding tert-OH is 9. The molecule has 6 aliphatic rings. The molecular weight excluding hydrogens is 1390 g/mol. The molecule has 0 saturated carbocycles. The number of carbonyl (C=O) groups excluding carboxylic acids is 3. The molecule has 1 amide bonds. The molecule has 0 radical (unpaired) electrons. The number of allylic oxidation sites excluding steroid dienone is 12. The fraction of sp³-hybridized carbons (Fsp3) is 0.526. The molecule has 1 spiro atoms. The number of nitrogens with zero attached hydrogens (tertiary/aromatic N) is 2. The molecule has 3 fully saturated rings. The predicted molar refractivity (Wildman–Crippen MR) is 392 cm³/mol. The van der Waals surface area contributed by atoms with Gasteiger partial charge in [0.15, 0.2) is 22.8 Å². The van der Waals surface area contributed by atoms with Crippen LogP contribution in [0.25, 0.3) is 0 Å². The number of fused-ring (bicyclic) bond motifs is 8. The van der Waals surface area contributed by atoms with Gasteiger partial charge in [-0.1, -0.05) is 111 Å². The first-order valence-electron chi connectivity index (χ1n) is 36.3. The van der Waals surface area contributed by atoms with Gasteiger partial charge in [0.2, 0.25) is 5.91 Å². The Balaban J connectivity index is 0.795. The molecule has 2 bridgehead atoms. The highest BCUT2D eigenvalue weighted by Crippen LogP contribution is 2.57. The molecule has 0 aliphatic carbocycles. The topological polar surface area (TPSA) is 417 Å². The molecule has 28 heteroatoms. The molecule has 578 valence electrons. The number of piperazine rings is 1. The Bertz CT molecular complexity index is 3670. The molecule has 3 aromatic carbocycles. The van der Waals surface area contributed by atoms with Gasteiger partial charge in [-0.25, -0.2) is 4.79 Å². The number of esters is 2. The van der Waals surface area contributed by atoms with Crippen LogP contribution in [0, 0.1) is 17.8 Å². The fourth-order valence-electron chi connectivity index (χ4n) is 14.5. The van der Waals surface area contributed by atoms with Gasteiger partial charge in [-0.2, -0.15) is 0 Å². The van der Waals surface area contributed by atoms with Crippen molar-refractivity contribution in [2.75, 3.05) is 38.0 Å². The number of phenols is 2. The van der Waals surface area contributed by atoms with E-state index in [-0.39, 0.29) is 98.7 Å². The zero-order valence-electron chi connectivity index (χ0n) is 59.9. The summed E-state index contributed by atoms with van der Waals surface area (Å²) in [6.45, 7) is 8.40. The second-order valence-corrected chi connectivity index (χ2v) is 28.8. The molecule has 3 aromatic rings. The summed E-state index contributed by atoms with van der Waals surface area (Å²) < 4.78 is 36.5. The van der Waals surface area contributed by atoms with Crippen molar-refractivity contribution in [3.05, 3.63) is 162 Å². The maximum atomic E-state index is 13.6. The minimum absolute atomic E-state index is 0.0555.